The number of nitrogens with one attached hydrogen (secondary N) is 1. The van der Waals surface area contributed by atoms with E-state index in [4.69, 9.17) is 10.1 Å². The van der Waals surface area contributed by atoms with Gasteiger partial charge in [0.2, 0.25) is 5.82 Å². The quantitative estimate of drug-likeness (QED) is 0.375. The highest BCUT2D eigenvalue weighted by molar-refractivity contribution is 5.83. The lowest BCUT2D eigenvalue weighted by molar-refractivity contribution is 0.566. The molecule has 0 fully saturated rings. The van der Waals surface area contributed by atoms with Crippen molar-refractivity contribution in [3.63, 3.8) is 0 Å². The predicted molar refractivity (Wildman–Crippen MR) is 130 cm³/mol. The Labute approximate surface area is 196 Å². The molecule has 1 N–H and O–H groups in total. The maximum Gasteiger partial charge on any atom is 0.202 e. The van der Waals surface area contributed by atoms with Crippen molar-refractivity contribution in [3.8, 4) is 11.5 Å². The van der Waals surface area contributed by atoms with E-state index in [0.29, 0.717) is 5.82 Å². The summed E-state index contributed by atoms with van der Waals surface area (Å²) in [5, 5.41) is 10.5. The minimum atomic E-state index is 0.634. The number of hydrogen-bond donors (Lipinski definition) is 1. The molecule has 34 heavy (non-hydrogen) atoms. The normalized spacial score (nSPS) is 11.5. The molecule has 0 radical (unpaired) electrons. The molecule has 0 aliphatic heterocycles. The minimum absolute atomic E-state index is 0.634. The van der Waals surface area contributed by atoms with Crippen LogP contribution in [0.5, 0.6) is 0 Å². The molecule has 0 spiro atoms. The maximum absolute atomic E-state index is 4.92. The molecule has 0 bridgehead atoms. The number of aromatic nitrogens is 8. The van der Waals surface area contributed by atoms with Crippen molar-refractivity contribution < 1.29 is 0 Å². The number of aromatic amines is 1. The molecule has 0 saturated carbocycles. The second-order valence-corrected chi connectivity index (χ2v) is 8.30. The molecule has 168 valence electrons. The third kappa shape index (κ3) is 3.94. The van der Waals surface area contributed by atoms with E-state index in [1.54, 1.807) is 16.9 Å². The number of nitrogens with zero attached hydrogens (tertiary/aromatic N) is 7. The summed E-state index contributed by atoms with van der Waals surface area (Å²) >= 11 is 0. The fourth-order valence-corrected chi connectivity index (χ4v) is 4.41. The molecule has 8 nitrogen and oxygen atoms in total. The van der Waals surface area contributed by atoms with Crippen LogP contribution in [0.3, 0.4) is 0 Å². The number of para-hydroxylation sites is 1. The first-order valence-electron chi connectivity index (χ1n) is 11.5. The van der Waals surface area contributed by atoms with E-state index < -0.39 is 0 Å². The van der Waals surface area contributed by atoms with Crippen molar-refractivity contribution in [1.82, 2.24) is 39.3 Å². The zero-order valence-electron chi connectivity index (χ0n) is 18.7. The lowest BCUT2D eigenvalue weighted by atomic mass is 10.1. The monoisotopic (exact) mass is 448 g/mol. The third-order valence-electron chi connectivity index (χ3n) is 6.11. The summed E-state index contributed by atoms with van der Waals surface area (Å²) in [6, 6.07) is 16.4. The van der Waals surface area contributed by atoms with Gasteiger partial charge in [-0.25, -0.2) is 19.2 Å². The van der Waals surface area contributed by atoms with Crippen LogP contribution in [0.15, 0.2) is 79.5 Å². The van der Waals surface area contributed by atoms with Crippen LogP contribution in [0, 0.1) is 0 Å². The number of aryl methyl sites for hydroxylation is 4. The summed E-state index contributed by atoms with van der Waals surface area (Å²) in [5.74, 6) is 1.60. The summed E-state index contributed by atoms with van der Waals surface area (Å²) in [7, 11) is 0. The lowest BCUT2D eigenvalue weighted by Crippen LogP contribution is -2.09. The van der Waals surface area contributed by atoms with Crippen molar-refractivity contribution in [2.75, 3.05) is 0 Å². The van der Waals surface area contributed by atoms with Gasteiger partial charge in [-0.1, -0.05) is 24.3 Å². The minimum Gasteiger partial charge on any atom is -0.361 e. The summed E-state index contributed by atoms with van der Waals surface area (Å²) in [4.78, 5) is 17.3. The average molecular weight is 449 g/mol. The average Bonchev–Trinajstić information content (AvgIpc) is 3.62. The van der Waals surface area contributed by atoms with Gasteiger partial charge in [0.15, 0.2) is 0 Å². The summed E-state index contributed by atoms with van der Waals surface area (Å²) in [5.41, 5.74) is 5.20. The Hall–Kier alpha value is -4.33. The Kier molecular flexibility index (Phi) is 5.31. The maximum atomic E-state index is 4.92. The second-order valence-electron chi connectivity index (χ2n) is 8.30. The second kappa shape index (κ2) is 8.90. The molecule has 5 aromatic heterocycles. The van der Waals surface area contributed by atoms with Crippen LogP contribution < -0.4 is 0 Å². The van der Waals surface area contributed by atoms with Crippen molar-refractivity contribution in [3.05, 3.63) is 96.6 Å². The first-order valence-corrected chi connectivity index (χ1v) is 11.5. The number of pyridine rings is 1. The highest BCUT2D eigenvalue weighted by Crippen LogP contribution is 2.22. The largest absolute Gasteiger partial charge is 0.361 e. The first kappa shape index (κ1) is 20.3. The van der Waals surface area contributed by atoms with Gasteiger partial charge < -0.3 is 4.98 Å². The molecule has 6 aromatic rings. The van der Waals surface area contributed by atoms with Gasteiger partial charge in [-0.15, -0.1) is 5.10 Å². The number of benzene rings is 1. The van der Waals surface area contributed by atoms with Crippen LogP contribution in [0.1, 0.15) is 23.5 Å². The van der Waals surface area contributed by atoms with E-state index in [1.165, 1.54) is 16.5 Å². The molecule has 8 heteroatoms. The SMILES string of the molecule is c1ccc(CCn2nc(-c3nccn4nccc34)nc2CCCc2c[nH]c3ccccc23)nc1. The van der Waals surface area contributed by atoms with Gasteiger partial charge in [0, 0.05) is 60.8 Å². The number of fused-ring (bicyclic) bond motifs is 2. The molecule has 6 rings (SSSR count). The van der Waals surface area contributed by atoms with Crippen molar-refractivity contribution in [2.24, 2.45) is 0 Å². The van der Waals surface area contributed by atoms with Crippen LogP contribution >= 0.6 is 0 Å². The number of H-pyrrole nitrogens is 1. The summed E-state index contributed by atoms with van der Waals surface area (Å²) in [6.45, 7) is 0.717. The first-order chi connectivity index (χ1) is 16.8. The lowest BCUT2D eigenvalue weighted by Gasteiger charge is -2.06. The van der Waals surface area contributed by atoms with Gasteiger partial charge >= 0.3 is 0 Å². The number of hydrogen-bond acceptors (Lipinski definition) is 5. The molecule has 0 aliphatic rings. The van der Waals surface area contributed by atoms with Crippen LogP contribution in [0.25, 0.3) is 27.9 Å². The topological polar surface area (TPSA) is 89.6 Å². The Morgan fingerprint density at radius 1 is 0.853 bits per heavy atom. The van der Waals surface area contributed by atoms with E-state index in [1.807, 2.05) is 41.3 Å². The van der Waals surface area contributed by atoms with Gasteiger partial charge in [-0.3, -0.25) is 4.98 Å². The molecule has 0 aliphatic carbocycles. The van der Waals surface area contributed by atoms with Crippen LogP contribution in [-0.4, -0.2) is 39.3 Å². The Morgan fingerprint density at radius 3 is 2.74 bits per heavy atom. The zero-order chi connectivity index (χ0) is 22.7. The molecule has 0 saturated heterocycles. The Balaban J connectivity index is 1.26. The summed E-state index contributed by atoms with van der Waals surface area (Å²) in [6.07, 6.45) is 12.9. The molecular weight excluding hydrogens is 424 g/mol. The van der Waals surface area contributed by atoms with E-state index in [9.17, 15) is 0 Å². The highest BCUT2D eigenvalue weighted by Gasteiger charge is 2.16. The fourth-order valence-electron chi connectivity index (χ4n) is 4.41. The van der Waals surface area contributed by atoms with Crippen LogP contribution in [0.2, 0.25) is 0 Å². The highest BCUT2D eigenvalue weighted by atomic mass is 15.4. The van der Waals surface area contributed by atoms with E-state index in [-0.39, 0.29) is 0 Å². The molecule has 0 unspecified atom stereocenters. The van der Waals surface area contributed by atoms with E-state index in [0.717, 1.165) is 55.0 Å². The Bertz CT molecular complexity index is 1540. The molecule has 5 heterocycles. The predicted octanol–water partition coefficient (Wildman–Crippen LogP) is 4.28. The third-order valence-corrected chi connectivity index (χ3v) is 6.11. The van der Waals surface area contributed by atoms with Gasteiger partial charge in [0.25, 0.3) is 0 Å². The van der Waals surface area contributed by atoms with E-state index in [2.05, 4.69) is 50.5 Å². The standard InChI is InChI=1S/C26H24N8/c1-2-9-22-21(8-1)19(18-29-22)6-5-10-24-31-26(25-23-11-14-30-33(23)17-15-28-25)32-34(24)16-12-20-7-3-4-13-27-20/h1-4,7-9,11,13-15,17-18,29H,5-6,10,12,16H2. The van der Waals surface area contributed by atoms with Crippen LogP contribution in [-0.2, 0) is 25.8 Å². The smallest absolute Gasteiger partial charge is 0.202 e. The van der Waals surface area contributed by atoms with Crippen molar-refractivity contribution >= 4 is 16.4 Å². The van der Waals surface area contributed by atoms with E-state index >= 15 is 0 Å². The molecule has 0 amide bonds. The molecule has 1 aromatic carbocycles. The van der Waals surface area contributed by atoms with Gasteiger partial charge in [0.1, 0.15) is 11.5 Å². The van der Waals surface area contributed by atoms with Gasteiger partial charge in [-0.2, -0.15) is 5.10 Å². The van der Waals surface area contributed by atoms with Gasteiger partial charge in [-0.05, 0) is 42.7 Å². The van der Waals surface area contributed by atoms with Crippen molar-refractivity contribution in [1.29, 1.82) is 0 Å². The zero-order valence-corrected chi connectivity index (χ0v) is 18.7. The molecule has 0 atom stereocenters. The van der Waals surface area contributed by atoms with Crippen LogP contribution in [0.4, 0.5) is 0 Å². The van der Waals surface area contributed by atoms with Crippen molar-refractivity contribution in [2.45, 2.75) is 32.2 Å². The number of rotatable bonds is 8. The molecular formula is C26H24N8. The van der Waals surface area contributed by atoms with Gasteiger partial charge in [0.05, 0.1) is 11.7 Å². The summed E-state index contributed by atoms with van der Waals surface area (Å²) < 4.78 is 3.81. The Morgan fingerprint density at radius 2 is 1.79 bits per heavy atom. The fraction of sp³-hybridized carbons (Fsp3) is 0.192.